The lowest BCUT2D eigenvalue weighted by atomic mass is 10.0. The van der Waals surface area contributed by atoms with Crippen LogP contribution in [0.15, 0.2) is 53.4 Å². The summed E-state index contributed by atoms with van der Waals surface area (Å²) < 4.78 is 25.5. The van der Waals surface area contributed by atoms with Gasteiger partial charge in [-0.3, -0.25) is 9.10 Å². The molecule has 2 rings (SSSR count). The fourth-order valence-corrected chi connectivity index (χ4v) is 3.77. The number of hydrogen-bond donors (Lipinski definition) is 1. The normalized spacial score (nSPS) is 11.4. The summed E-state index contributed by atoms with van der Waals surface area (Å²) in [4.78, 5) is 13.4. The van der Waals surface area contributed by atoms with Crippen molar-refractivity contribution in [2.24, 2.45) is 0 Å². The second-order valence-corrected chi connectivity index (χ2v) is 9.08. The number of sulfonamides is 1. The molecule has 1 N–H and O–H groups in total. The van der Waals surface area contributed by atoms with Gasteiger partial charge in [0.05, 0.1) is 11.9 Å². The molecule has 7 heteroatoms. The molecule has 0 aliphatic carbocycles. The van der Waals surface area contributed by atoms with Crippen molar-refractivity contribution >= 4 is 39.1 Å². The fraction of sp³-hybridized carbons (Fsp3) is 0.316. The van der Waals surface area contributed by atoms with Gasteiger partial charge in [0.2, 0.25) is 15.9 Å². The van der Waals surface area contributed by atoms with Gasteiger partial charge in [-0.15, -0.1) is 11.8 Å². The Morgan fingerprint density at radius 2 is 1.81 bits per heavy atom. The number of carbonyl (C=O) groups excluding carboxylic acids is 1. The Morgan fingerprint density at radius 3 is 2.35 bits per heavy atom. The van der Waals surface area contributed by atoms with Crippen LogP contribution in [0.3, 0.4) is 0 Å². The lowest BCUT2D eigenvalue weighted by molar-refractivity contribution is -0.114. The number of nitrogens with one attached hydrogen (secondary N) is 1. The van der Waals surface area contributed by atoms with E-state index in [1.54, 1.807) is 30.0 Å². The minimum atomic E-state index is -3.58. The van der Waals surface area contributed by atoms with Crippen LogP contribution in [0, 0.1) is 0 Å². The molecule has 26 heavy (non-hydrogen) atoms. The summed E-state index contributed by atoms with van der Waals surface area (Å²) >= 11 is 1.57. The summed E-state index contributed by atoms with van der Waals surface area (Å²) in [6, 6.07) is 14.7. The lowest BCUT2D eigenvalue weighted by Crippen LogP contribution is -2.37. The zero-order valence-corrected chi connectivity index (χ0v) is 17.0. The third kappa shape index (κ3) is 5.51. The van der Waals surface area contributed by atoms with E-state index in [2.05, 4.69) is 19.2 Å². The molecule has 0 aliphatic rings. The zero-order chi connectivity index (χ0) is 19.3. The first-order valence-electron chi connectivity index (χ1n) is 8.22. The van der Waals surface area contributed by atoms with E-state index < -0.39 is 10.0 Å². The van der Waals surface area contributed by atoms with Gasteiger partial charge >= 0.3 is 0 Å². The molecular formula is C19H24N2O3S2. The molecule has 0 heterocycles. The van der Waals surface area contributed by atoms with Crippen molar-refractivity contribution in [2.75, 3.05) is 28.7 Å². The van der Waals surface area contributed by atoms with E-state index in [1.807, 2.05) is 36.6 Å². The van der Waals surface area contributed by atoms with Crippen molar-refractivity contribution in [2.45, 2.75) is 24.7 Å². The van der Waals surface area contributed by atoms with Gasteiger partial charge in [0.25, 0.3) is 0 Å². The average molecular weight is 393 g/mol. The molecule has 2 aromatic carbocycles. The largest absolute Gasteiger partial charge is 0.324 e. The number of nitrogens with zero attached hydrogens (tertiary/aromatic N) is 1. The smallest absolute Gasteiger partial charge is 0.245 e. The molecule has 0 aliphatic heterocycles. The monoisotopic (exact) mass is 392 g/mol. The number of amides is 1. The molecule has 140 valence electrons. The van der Waals surface area contributed by atoms with Crippen molar-refractivity contribution in [3.8, 4) is 0 Å². The van der Waals surface area contributed by atoms with Gasteiger partial charge in [-0.2, -0.15) is 0 Å². The van der Waals surface area contributed by atoms with Crippen molar-refractivity contribution in [3.05, 3.63) is 54.1 Å². The van der Waals surface area contributed by atoms with Crippen LogP contribution < -0.4 is 9.62 Å². The van der Waals surface area contributed by atoms with Crippen LogP contribution in [0.25, 0.3) is 0 Å². The molecule has 0 fully saturated rings. The summed E-state index contributed by atoms with van der Waals surface area (Å²) in [5, 5.41) is 2.76. The Kier molecular flexibility index (Phi) is 6.72. The molecule has 0 saturated carbocycles. The molecular weight excluding hydrogens is 368 g/mol. The quantitative estimate of drug-likeness (QED) is 0.725. The molecule has 1 amide bonds. The van der Waals surface area contributed by atoms with Crippen LogP contribution in [0.2, 0.25) is 0 Å². The summed E-state index contributed by atoms with van der Waals surface area (Å²) in [6.45, 7) is 3.86. The van der Waals surface area contributed by atoms with Gasteiger partial charge in [0.1, 0.15) is 6.54 Å². The third-order valence-electron chi connectivity index (χ3n) is 3.89. The highest BCUT2D eigenvalue weighted by Gasteiger charge is 2.21. The first kappa shape index (κ1) is 20.3. The van der Waals surface area contributed by atoms with Crippen LogP contribution in [0.4, 0.5) is 11.4 Å². The fourth-order valence-electron chi connectivity index (χ4n) is 2.46. The highest BCUT2D eigenvalue weighted by atomic mass is 32.2. The number of carbonyl (C=O) groups is 1. The van der Waals surface area contributed by atoms with E-state index in [0.717, 1.165) is 21.0 Å². The van der Waals surface area contributed by atoms with Gasteiger partial charge in [0, 0.05) is 10.6 Å². The standard InChI is InChI=1S/C19H24N2O3S2/c1-14(2)15-8-10-17(11-9-15)21(26(4,23)24)13-19(22)20-16-6-5-7-18(12-16)25-3/h5-12,14H,13H2,1-4H3,(H,20,22). The SMILES string of the molecule is CSc1cccc(NC(=O)CN(c2ccc(C(C)C)cc2)S(C)(=O)=O)c1. The minimum Gasteiger partial charge on any atom is -0.324 e. The molecule has 0 bridgehead atoms. The maximum atomic E-state index is 12.4. The number of thioether (sulfide) groups is 1. The summed E-state index contributed by atoms with van der Waals surface area (Å²) in [5.41, 5.74) is 2.23. The van der Waals surface area contributed by atoms with Crippen LogP contribution in [-0.2, 0) is 14.8 Å². The molecule has 2 aromatic rings. The van der Waals surface area contributed by atoms with Gasteiger partial charge in [-0.25, -0.2) is 8.42 Å². The first-order chi connectivity index (χ1) is 12.2. The first-order valence-corrected chi connectivity index (χ1v) is 11.3. The molecule has 0 unspecified atom stereocenters. The maximum absolute atomic E-state index is 12.4. The molecule has 0 radical (unpaired) electrons. The van der Waals surface area contributed by atoms with Crippen molar-refractivity contribution in [1.82, 2.24) is 0 Å². The maximum Gasteiger partial charge on any atom is 0.245 e. The van der Waals surface area contributed by atoms with Crippen LogP contribution in [-0.4, -0.2) is 33.4 Å². The number of hydrogen-bond acceptors (Lipinski definition) is 4. The van der Waals surface area contributed by atoms with Crippen LogP contribution in [0.5, 0.6) is 0 Å². The zero-order valence-electron chi connectivity index (χ0n) is 15.4. The molecule has 0 spiro atoms. The van der Waals surface area contributed by atoms with Gasteiger partial charge in [-0.05, 0) is 48.1 Å². The van der Waals surface area contributed by atoms with Crippen molar-refractivity contribution in [3.63, 3.8) is 0 Å². The second kappa shape index (κ2) is 8.60. The second-order valence-electron chi connectivity index (χ2n) is 6.30. The van der Waals surface area contributed by atoms with Crippen molar-refractivity contribution in [1.29, 1.82) is 0 Å². The Morgan fingerprint density at radius 1 is 1.15 bits per heavy atom. The Bertz CT molecular complexity index is 863. The van der Waals surface area contributed by atoms with Crippen molar-refractivity contribution < 1.29 is 13.2 Å². The summed E-state index contributed by atoms with van der Waals surface area (Å²) in [5.74, 6) is -0.0376. The Hall–Kier alpha value is -1.99. The molecule has 5 nitrogen and oxygen atoms in total. The highest BCUT2D eigenvalue weighted by Crippen LogP contribution is 2.23. The predicted molar refractivity (Wildman–Crippen MR) is 110 cm³/mol. The predicted octanol–water partition coefficient (Wildman–Crippen LogP) is 3.94. The van der Waals surface area contributed by atoms with E-state index in [1.165, 1.54) is 0 Å². The summed E-state index contributed by atoms with van der Waals surface area (Å²) in [6.07, 6.45) is 3.05. The van der Waals surface area contributed by atoms with E-state index in [9.17, 15) is 13.2 Å². The van der Waals surface area contributed by atoms with E-state index in [0.29, 0.717) is 17.3 Å². The van der Waals surface area contributed by atoms with E-state index in [-0.39, 0.29) is 12.5 Å². The van der Waals surface area contributed by atoms with Crippen LogP contribution >= 0.6 is 11.8 Å². The number of benzene rings is 2. The Balaban J connectivity index is 2.18. The van der Waals surface area contributed by atoms with Gasteiger partial charge in [0.15, 0.2) is 0 Å². The van der Waals surface area contributed by atoms with Crippen LogP contribution in [0.1, 0.15) is 25.3 Å². The minimum absolute atomic E-state index is 0.274. The van der Waals surface area contributed by atoms with Gasteiger partial charge in [-0.1, -0.05) is 32.0 Å². The number of rotatable bonds is 7. The molecule has 0 atom stereocenters. The molecule has 0 aromatic heterocycles. The highest BCUT2D eigenvalue weighted by molar-refractivity contribution is 7.98. The topological polar surface area (TPSA) is 66.5 Å². The Labute approximate surface area is 159 Å². The average Bonchev–Trinajstić information content (AvgIpc) is 2.59. The van der Waals surface area contributed by atoms with E-state index >= 15 is 0 Å². The molecule has 0 saturated heterocycles. The third-order valence-corrected chi connectivity index (χ3v) is 5.75. The lowest BCUT2D eigenvalue weighted by Gasteiger charge is -2.22. The summed E-state index contributed by atoms with van der Waals surface area (Å²) in [7, 11) is -3.58. The number of anilines is 2. The van der Waals surface area contributed by atoms with E-state index in [4.69, 9.17) is 0 Å². The van der Waals surface area contributed by atoms with Gasteiger partial charge < -0.3 is 5.32 Å².